The van der Waals surface area contributed by atoms with Gasteiger partial charge in [-0.15, -0.1) is 0 Å². The Bertz CT molecular complexity index is 430. The van der Waals surface area contributed by atoms with E-state index in [-0.39, 0.29) is 0 Å². The molecule has 2 unspecified atom stereocenters. The molecule has 0 bridgehead atoms. The zero-order valence-corrected chi connectivity index (χ0v) is 14.3. The molecule has 2 atom stereocenters. The maximum absolute atomic E-state index is 11.9. The van der Waals surface area contributed by atoms with Gasteiger partial charge in [-0.1, -0.05) is 26.7 Å². The van der Waals surface area contributed by atoms with Crippen LogP contribution in [0.25, 0.3) is 0 Å². The third kappa shape index (κ3) is 8.54. The molecular formula is C16H28O7. The summed E-state index contributed by atoms with van der Waals surface area (Å²) in [5, 5.41) is 27.4. The van der Waals surface area contributed by atoms with Gasteiger partial charge in [-0.2, -0.15) is 0 Å². The molecule has 0 spiro atoms. The van der Waals surface area contributed by atoms with Gasteiger partial charge < -0.3 is 20.1 Å². The van der Waals surface area contributed by atoms with Crippen molar-refractivity contribution in [1.29, 1.82) is 0 Å². The fourth-order valence-electron chi connectivity index (χ4n) is 2.18. The van der Waals surface area contributed by atoms with E-state index in [1.54, 1.807) is 13.8 Å². The lowest BCUT2D eigenvalue weighted by Crippen LogP contribution is -2.44. The molecule has 0 aliphatic carbocycles. The van der Waals surface area contributed by atoms with Crippen molar-refractivity contribution in [3.8, 4) is 0 Å². The molecule has 0 saturated heterocycles. The SMILES string of the molecule is CCC(C)CCCC(C)(C)OC(=O)CC(O)(CC(=O)O)C(=O)O. The van der Waals surface area contributed by atoms with E-state index in [0.717, 1.165) is 19.3 Å². The molecule has 23 heavy (non-hydrogen) atoms. The first-order chi connectivity index (χ1) is 10.4. The van der Waals surface area contributed by atoms with Gasteiger partial charge in [-0.3, -0.25) is 9.59 Å². The molecule has 3 N–H and O–H groups in total. The number of carbonyl (C=O) groups excluding carboxylic acids is 1. The fraction of sp³-hybridized carbons (Fsp3) is 0.812. The summed E-state index contributed by atoms with van der Waals surface area (Å²) in [5.41, 5.74) is -3.46. The molecule has 0 fully saturated rings. The molecule has 7 nitrogen and oxygen atoms in total. The van der Waals surface area contributed by atoms with Crippen LogP contribution in [0.3, 0.4) is 0 Å². The predicted octanol–water partition coefficient (Wildman–Crippen LogP) is 2.21. The molecule has 0 rings (SSSR count). The lowest BCUT2D eigenvalue weighted by atomic mass is 9.94. The Morgan fingerprint density at radius 2 is 1.70 bits per heavy atom. The zero-order chi connectivity index (χ0) is 18.3. The second-order valence-electron chi connectivity index (χ2n) is 6.72. The van der Waals surface area contributed by atoms with Crippen molar-refractivity contribution in [2.45, 2.75) is 77.4 Å². The first kappa shape index (κ1) is 21.4. The zero-order valence-electron chi connectivity index (χ0n) is 14.3. The number of carboxylic acid groups (broad SMARTS) is 2. The maximum Gasteiger partial charge on any atom is 0.336 e. The van der Waals surface area contributed by atoms with Gasteiger partial charge in [0.05, 0.1) is 12.8 Å². The van der Waals surface area contributed by atoms with E-state index in [2.05, 4.69) is 13.8 Å². The van der Waals surface area contributed by atoms with Crippen LogP contribution < -0.4 is 0 Å². The first-order valence-corrected chi connectivity index (χ1v) is 7.81. The molecule has 0 heterocycles. The van der Waals surface area contributed by atoms with Crippen molar-refractivity contribution in [2.24, 2.45) is 5.92 Å². The molecule has 0 aliphatic rings. The van der Waals surface area contributed by atoms with Crippen LogP contribution in [0.4, 0.5) is 0 Å². The van der Waals surface area contributed by atoms with Crippen LogP contribution in [0.2, 0.25) is 0 Å². The number of hydrogen-bond donors (Lipinski definition) is 3. The lowest BCUT2D eigenvalue weighted by molar-refractivity contribution is -0.176. The summed E-state index contributed by atoms with van der Waals surface area (Å²) in [7, 11) is 0. The van der Waals surface area contributed by atoms with Crippen molar-refractivity contribution < 1.29 is 34.4 Å². The Morgan fingerprint density at radius 1 is 1.13 bits per heavy atom. The minimum absolute atomic E-state index is 0.578. The van der Waals surface area contributed by atoms with Crippen molar-refractivity contribution >= 4 is 17.9 Å². The van der Waals surface area contributed by atoms with Gasteiger partial charge in [0.1, 0.15) is 5.60 Å². The number of esters is 1. The summed E-state index contributed by atoms with van der Waals surface area (Å²) < 4.78 is 5.23. The largest absolute Gasteiger partial charge is 0.481 e. The Morgan fingerprint density at radius 3 is 2.13 bits per heavy atom. The third-order valence-electron chi connectivity index (χ3n) is 3.84. The lowest BCUT2D eigenvalue weighted by Gasteiger charge is -2.28. The average Bonchev–Trinajstić information content (AvgIpc) is 2.35. The summed E-state index contributed by atoms with van der Waals surface area (Å²) in [4.78, 5) is 33.5. The van der Waals surface area contributed by atoms with Gasteiger partial charge in [0.25, 0.3) is 0 Å². The second-order valence-corrected chi connectivity index (χ2v) is 6.72. The van der Waals surface area contributed by atoms with Crippen molar-refractivity contribution in [2.75, 3.05) is 0 Å². The predicted molar refractivity (Wildman–Crippen MR) is 82.9 cm³/mol. The standard InChI is InChI=1S/C16H28O7/c1-5-11(2)7-6-8-15(3,4)23-13(19)10-16(22,14(20)21)9-12(17)18/h11,22H,5-10H2,1-4H3,(H,17,18)(H,20,21). The van der Waals surface area contributed by atoms with Gasteiger partial charge in [-0.05, 0) is 32.6 Å². The molecule has 0 aromatic carbocycles. The summed E-state index contributed by atoms with van der Waals surface area (Å²) in [6.45, 7) is 7.65. The molecule has 0 amide bonds. The number of ether oxygens (including phenoxy) is 1. The number of carbonyl (C=O) groups is 3. The Labute approximate surface area is 136 Å². The molecule has 0 aromatic rings. The van der Waals surface area contributed by atoms with Crippen molar-refractivity contribution in [3.63, 3.8) is 0 Å². The molecule has 134 valence electrons. The molecule has 0 saturated carbocycles. The molecule has 0 aromatic heterocycles. The number of hydrogen-bond acceptors (Lipinski definition) is 5. The Kier molecular flexibility index (Phi) is 8.23. The van der Waals surface area contributed by atoms with E-state index in [1.807, 2.05) is 0 Å². The van der Waals surface area contributed by atoms with Crippen LogP contribution in [0.5, 0.6) is 0 Å². The first-order valence-electron chi connectivity index (χ1n) is 7.81. The Hall–Kier alpha value is -1.63. The van der Waals surface area contributed by atoms with Crippen LogP contribution in [-0.2, 0) is 19.1 Å². The minimum atomic E-state index is -2.66. The Balaban J connectivity index is 4.59. The normalized spacial score (nSPS) is 15.5. The molecule has 7 heteroatoms. The number of aliphatic hydroxyl groups is 1. The quantitative estimate of drug-likeness (QED) is 0.496. The van der Waals surface area contributed by atoms with Crippen molar-refractivity contribution in [3.05, 3.63) is 0 Å². The van der Waals surface area contributed by atoms with E-state index in [0.29, 0.717) is 12.3 Å². The van der Waals surface area contributed by atoms with Gasteiger partial charge >= 0.3 is 17.9 Å². The highest BCUT2D eigenvalue weighted by atomic mass is 16.6. The van der Waals surface area contributed by atoms with Crippen LogP contribution in [0, 0.1) is 5.92 Å². The van der Waals surface area contributed by atoms with E-state index in [9.17, 15) is 19.5 Å². The average molecular weight is 332 g/mol. The topological polar surface area (TPSA) is 121 Å². The fourth-order valence-corrected chi connectivity index (χ4v) is 2.18. The smallest absolute Gasteiger partial charge is 0.336 e. The number of rotatable bonds is 11. The maximum atomic E-state index is 11.9. The molecule has 0 aliphatic heterocycles. The molecule has 0 radical (unpaired) electrons. The highest BCUT2D eigenvalue weighted by molar-refractivity contribution is 5.88. The highest BCUT2D eigenvalue weighted by Crippen LogP contribution is 2.24. The van der Waals surface area contributed by atoms with Crippen LogP contribution in [0.1, 0.15) is 66.2 Å². The van der Waals surface area contributed by atoms with E-state index < -0.39 is 42.0 Å². The molecular weight excluding hydrogens is 304 g/mol. The summed E-state index contributed by atoms with van der Waals surface area (Å²) in [6.07, 6.45) is 1.56. The highest BCUT2D eigenvalue weighted by Gasteiger charge is 2.42. The third-order valence-corrected chi connectivity index (χ3v) is 3.84. The monoisotopic (exact) mass is 332 g/mol. The number of aliphatic carboxylic acids is 2. The van der Waals surface area contributed by atoms with Gasteiger partial charge in [0, 0.05) is 0 Å². The van der Waals surface area contributed by atoms with Gasteiger partial charge in [-0.25, -0.2) is 4.79 Å². The van der Waals surface area contributed by atoms with Crippen molar-refractivity contribution in [1.82, 2.24) is 0 Å². The van der Waals surface area contributed by atoms with Gasteiger partial charge in [0.2, 0.25) is 0 Å². The summed E-state index contributed by atoms with van der Waals surface area (Å²) in [6, 6.07) is 0. The van der Waals surface area contributed by atoms with E-state index in [1.165, 1.54) is 0 Å². The summed E-state index contributed by atoms with van der Waals surface area (Å²) >= 11 is 0. The van der Waals surface area contributed by atoms with Crippen LogP contribution in [0.15, 0.2) is 0 Å². The number of carboxylic acids is 2. The summed E-state index contributed by atoms with van der Waals surface area (Å²) in [5.74, 6) is -3.61. The van der Waals surface area contributed by atoms with E-state index in [4.69, 9.17) is 14.9 Å². The van der Waals surface area contributed by atoms with E-state index >= 15 is 0 Å². The minimum Gasteiger partial charge on any atom is -0.481 e. The van der Waals surface area contributed by atoms with Crippen LogP contribution >= 0.6 is 0 Å². The van der Waals surface area contributed by atoms with Gasteiger partial charge in [0.15, 0.2) is 5.60 Å². The van der Waals surface area contributed by atoms with Crippen LogP contribution in [-0.4, -0.2) is 44.4 Å². The second kappa shape index (κ2) is 8.86.